The van der Waals surface area contributed by atoms with E-state index in [1.165, 1.54) is 29.4 Å². The lowest BCUT2D eigenvalue weighted by Gasteiger charge is -2.01. The van der Waals surface area contributed by atoms with E-state index in [1.807, 2.05) is 0 Å². The molecule has 0 fully saturated rings. The Bertz CT molecular complexity index is 495. The van der Waals surface area contributed by atoms with Crippen LogP contribution in [0.1, 0.15) is 11.1 Å². The van der Waals surface area contributed by atoms with Gasteiger partial charge in [-0.15, -0.1) is 0 Å². The molecule has 0 spiro atoms. The fourth-order valence-electron chi connectivity index (χ4n) is 2.11. The molecule has 0 bridgehead atoms. The Balaban J connectivity index is 2.28. The minimum absolute atomic E-state index is 1.10. The summed E-state index contributed by atoms with van der Waals surface area (Å²) in [6.45, 7) is 0. The molecule has 15 heavy (non-hydrogen) atoms. The summed E-state index contributed by atoms with van der Waals surface area (Å²) < 4.78 is 2.64. The largest absolute Gasteiger partial charge is 0.0570 e. The van der Waals surface area contributed by atoms with Gasteiger partial charge < -0.3 is 0 Å². The Labute approximate surface area is 116 Å². The van der Waals surface area contributed by atoms with E-state index >= 15 is 0 Å². The second kappa shape index (κ2) is 3.73. The summed E-state index contributed by atoms with van der Waals surface area (Å²) >= 11 is 4.76. The molecule has 0 aliphatic heterocycles. The van der Waals surface area contributed by atoms with Crippen molar-refractivity contribution in [1.29, 1.82) is 0 Å². The summed E-state index contributed by atoms with van der Waals surface area (Å²) in [6, 6.07) is 13.5. The predicted molar refractivity (Wildman–Crippen MR) is 80.1 cm³/mol. The average Bonchev–Trinajstić information content (AvgIpc) is 2.56. The van der Waals surface area contributed by atoms with Crippen LogP contribution in [-0.4, -0.2) is 0 Å². The van der Waals surface area contributed by atoms with E-state index in [4.69, 9.17) is 0 Å². The molecule has 2 aromatic rings. The van der Waals surface area contributed by atoms with Gasteiger partial charge in [0.2, 0.25) is 0 Å². The van der Waals surface area contributed by atoms with Gasteiger partial charge in [-0.25, -0.2) is 0 Å². The van der Waals surface area contributed by atoms with Crippen LogP contribution in [0.5, 0.6) is 0 Å². The number of benzene rings is 2. The highest BCUT2D eigenvalue weighted by Gasteiger charge is 2.18. The zero-order valence-electron chi connectivity index (χ0n) is 7.93. The van der Waals surface area contributed by atoms with Crippen LogP contribution in [0.4, 0.5) is 0 Å². The van der Waals surface area contributed by atoms with E-state index in [1.54, 1.807) is 0 Å². The van der Waals surface area contributed by atoms with Crippen molar-refractivity contribution in [3.05, 3.63) is 54.7 Å². The predicted octanol–water partition coefficient (Wildman–Crippen LogP) is 4.47. The molecular formula is C13H8I2. The first-order valence-corrected chi connectivity index (χ1v) is 6.97. The highest BCUT2D eigenvalue weighted by Crippen LogP contribution is 2.37. The molecule has 0 nitrogen and oxygen atoms in total. The minimum atomic E-state index is 1.10. The Morgan fingerprint density at radius 1 is 0.733 bits per heavy atom. The first-order valence-electron chi connectivity index (χ1n) is 4.81. The van der Waals surface area contributed by atoms with Gasteiger partial charge in [-0.2, -0.15) is 0 Å². The molecule has 2 heteroatoms. The van der Waals surface area contributed by atoms with Crippen LogP contribution in [0.3, 0.4) is 0 Å². The number of rotatable bonds is 0. The third kappa shape index (κ3) is 1.71. The molecule has 0 heterocycles. The standard InChI is InChI=1S/C13H8I2/c14-10-3-1-8-5-9-2-4-11(15)7-13(9)12(8)6-10/h1-4,6-7H,5H2. The van der Waals surface area contributed by atoms with Gasteiger partial charge in [-0.3, -0.25) is 0 Å². The average molecular weight is 418 g/mol. The van der Waals surface area contributed by atoms with Gasteiger partial charge in [0.05, 0.1) is 0 Å². The van der Waals surface area contributed by atoms with Crippen LogP contribution >= 0.6 is 45.2 Å². The fourth-order valence-corrected chi connectivity index (χ4v) is 3.09. The van der Waals surface area contributed by atoms with Crippen LogP contribution in [-0.2, 0) is 6.42 Å². The number of hydrogen-bond donors (Lipinski definition) is 0. The van der Waals surface area contributed by atoms with Crippen LogP contribution in [0.25, 0.3) is 11.1 Å². The third-order valence-corrected chi connectivity index (χ3v) is 4.16. The van der Waals surface area contributed by atoms with Gasteiger partial charge in [0.1, 0.15) is 0 Å². The molecule has 0 N–H and O–H groups in total. The highest BCUT2D eigenvalue weighted by molar-refractivity contribution is 14.1. The van der Waals surface area contributed by atoms with Crippen molar-refractivity contribution >= 4 is 45.2 Å². The second-order valence-electron chi connectivity index (χ2n) is 3.78. The van der Waals surface area contributed by atoms with Crippen molar-refractivity contribution in [3.63, 3.8) is 0 Å². The van der Waals surface area contributed by atoms with Gasteiger partial charge in [0, 0.05) is 7.14 Å². The summed E-state index contributed by atoms with van der Waals surface area (Å²) in [5.74, 6) is 0. The quantitative estimate of drug-likeness (QED) is 0.473. The molecule has 2 aromatic carbocycles. The van der Waals surface area contributed by atoms with E-state index in [2.05, 4.69) is 81.6 Å². The van der Waals surface area contributed by atoms with Gasteiger partial charge in [-0.05, 0) is 98.1 Å². The summed E-state index contributed by atoms with van der Waals surface area (Å²) in [6.07, 6.45) is 1.10. The molecule has 1 aliphatic carbocycles. The van der Waals surface area contributed by atoms with Gasteiger partial charge >= 0.3 is 0 Å². The Morgan fingerprint density at radius 2 is 1.20 bits per heavy atom. The van der Waals surface area contributed by atoms with Crippen molar-refractivity contribution in [2.75, 3.05) is 0 Å². The molecular weight excluding hydrogens is 410 g/mol. The maximum absolute atomic E-state index is 2.38. The normalized spacial score (nSPS) is 12.4. The van der Waals surface area contributed by atoms with Gasteiger partial charge in [0.15, 0.2) is 0 Å². The number of halogens is 2. The maximum atomic E-state index is 2.38. The van der Waals surface area contributed by atoms with Gasteiger partial charge in [0.25, 0.3) is 0 Å². The van der Waals surface area contributed by atoms with Crippen molar-refractivity contribution < 1.29 is 0 Å². The summed E-state index contributed by atoms with van der Waals surface area (Å²) in [4.78, 5) is 0. The molecule has 1 aliphatic rings. The van der Waals surface area contributed by atoms with Crippen LogP contribution in [0.15, 0.2) is 36.4 Å². The Morgan fingerprint density at radius 3 is 1.67 bits per heavy atom. The van der Waals surface area contributed by atoms with Gasteiger partial charge in [-0.1, -0.05) is 12.1 Å². The smallest absolute Gasteiger partial charge is 0.0136 e. The van der Waals surface area contributed by atoms with Crippen molar-refractivity contribution in [2.45, 2.75) is 6.42 Å². The maximum Gasteiger partial charge on any atom is 0.0136 e. The SMILES string of the molecule is Ic1ccc2c(c1)-c1cc(I)ccc1C2. The Hall–Kier alpha value is -0.100. The molecule has 0 radical (unpaired) electrons. The molecule has 3 rings (SSSR count). The zero-order chi connectivity index (χ0) is 10.4. The molecule has 0 aromatic heterocycles. The summed E-state index contributed by atoms with van der Waals surface area (Å²) in [7, 11) is 0. The highest BCUT2D eigenvalue weighted by atomic mass is 127. The zero-order valence-corrected chi connectivity index (χ0v) is 12.2. The molecule has 74 valence electrons. The molecule has 0 unspecified atom stereocenters. The molecule has 0 amide bonds. The van der Waals surface area contributed by atoms with E-state index in [-0.39, 0.29) is 0 Å². The second-order valence-corrected chi connectivity index (χ2v) is 6.27. The number of fused-ring (bicyclic) bond motifs is 3. The van der Waals surface area contributed by atoms with E-state index in [0.29, 0.717) is 0 Å². The monoisotopic (exact) mass is 418 g/mol. The molecule has 0 saturated carbocycles. The molecule has 0 atom stereocenters. The van der Waals surface area contributed by atoms with Crippen LogP contribution in [0.2, 0.25) is 0 Å². The van der Waals surface area contributed by atoms with Crippen molar-refractivity contribution in [3.8, 4) is 11.1 Å². The third-order valence-electron chi connectivity index (χ3n) is 2.81. The lowest BCUT2D eigenvalue weighted by molar-refractivity contribution is 1.26. The minimum Gasteiger partial charge on any atom is -0.0570 e. The lowest BCUT2D eigenvalue weighted by atomic mass is 10.1. The summed E-state index contributed by atoms with van der Waals surface area (Å²) in [5.41, 5.74) is 5.78. The van der Waals surface area contributed by atoms with Crippen LogP contribution < -0.4 is 0 Å². The Kier molecular flexibility index (Phi) is 2.51. The lowest BCUT2D eigenvalue weighted by Crippen LogP contribution is -1.80. The number of hydrogen-bond acceptors (Lipinski definition) is 0. The molecule has 0 saturated heterocycles. The van der Waals surface area contributed by atoms with E-state index in [9.17, 15) is 0 Å². The first-order chi connectivity index (χ1) is 7.24. The first kappa shape index (κ1) is 10.1. The van der Waals surface area contributed by atoms with E-state index < -0.39 is 0 Å². The van der Waals surface area contributed by atoms with Crippen LogP contribution in [0, 0.1) is 7.14 Å². The van der Waals surface area contributed by atoms with Crippen molar-refractivity contribution in [2.24, 2.45) is 0 Å². The van der Waals surface area contributed by atoms with E-state index in [0.717, 1.165) is 6.42 Å². The fraction of sp³-hybridized carbons (Fsp3) is 0.0769. The summed E-state index contributed by atoms with van der Waals surface area (Å²) in [5, 5.41) is 0. The van der Waals surface area contributed by atoms with Crippen molar-refractivity contribution in [1.82, 2.24) is 0 Å². The topological polar surface area (TPSA) is 0 Å².